The fourth-order valence-corrected chi connectivity index (χ4v) is 5.40. The molecule has 8 heteroatoms. The average Bonchev–Trinajstić information content (AvgIpc) is 2.92. The summed E-state index contributed by atoms with van der Waals surface area (Å²) in [4.78, 5) is 15.3. The first kappa shape index (κ1) is 19.9. The number of carbonyl (C=O) groups is 1. The smallest absolute Gasteiger partial charge is 0.270 e. The summed E-state index contributed by atoms with van der Waals surface area (Å²) < 4.78 is 28.1. The summed E-state index contributed by atoms with van der Waals surface area (Å²) in [7, 11) is 1.54. The van der Waals surface area contributed by atoms with Crippen LogP contribution < -0.4 is 5.32 Å². The van der Waals surface area contributed by atoms with E-state index in [4.69, 9.17) is 5.41 Å². The van der Waals surface area contributed by atoms with Crippen LogP contribution in [0.3, 0.4) is 0 Å². The highest BCUT2D eigenvalue weighted by Crippen LogP contribution is 2.46. The molecular weight excluding hydrogens is 436 g/mol. The van der Waals surface area contributed by atoms with Crippen LogP contribution in [-0.2, 0) is 16.3 Å². The van der Waals surface area contributed by atoms with Crippen LogP contribution in [-0.4, -0.2) is 23.8 Å². The van der Waals surface area contributed by atoms with Crippen molar-refractivity contribution < 1.29 is 13.6 Å². The average molecular weight is 456 g/mol. The summed E-state index contributed by atoms with van der Waals surface area (Å²) in [6, 6.07) is 7.85. The number of carbonyl (C=O) groups excluding carboxylic acids is 1. The van der Waals surface area contributed by atoms with Gasteiger partial charge >= 0.3 is 0 Å². The van der Waals surface area contributed by atoms with Crippen LogP contribution in [0.1, 0.15) is 41.3 Å². The van der Waals surface area contributed by atoms with Crippen LogP contribution in [0.25, 0.3) is 0 Å². The number of amides is 1. The van der Waals surface area contributed by atoms with Gasteiger partial charge in [0.2, 0.25) is 5.91 Å². The van der Waals surface area contributed by atoms with E-state index in [9.17, 15) is 13.6 Å². The molecular formula is C19H20BrF2N3OS. The van der Waals surface area contributed by atoms with E-state index in [1.807, 2.05) is 19.9 Å². The lowest BCUT2D eigenvalue weighted by molar-refractivity contribution is -0.131. The van der Waals surface area contributed by atoms with Gasteiger partial charge in [-0.3, -0.25) is 15.1 Å². The van der Waals surface area contributed by atoms with Crippen LogP contribution >= 0.6 is 27.3 Å². The molecule has 0 bridgehead atoms. The molecule has 1 unspecified atom stereocenters. The predicted molar refractivity (Wildman–Crippen MR) is 106 cm³/mol. The van der Waals surface area contributed by atoms with Gasteiger partial charge in [-0.05, 0) is 47.0 Å². The molecule has 2 atom stereocenters. The number of halogens is 3. The van der Waals surface area contributed by atoms with E-state index in [2.05, 4.69) is 21.2 Å². The number of hydrogen-bond donors (Lipinski definition) is 2. The van der Waals surface area contributed by atoms with Crippen molar-refractivity contribution in [2.24, 2.45) is 0 Å². The number of guanidine groups is 1. The number of hydrogen-bond acceptors (Lipinski definition) is 3. The van der Waals surface area contributed by atoms with Gasteiger partial charge in [-0.2, -0.15) is 0 Å². The normalized spacial score (nSPS) is 23.5. The van der Waals surface area contributed by atoms with Gasteiger partial charge < -0.3 is 5.32 Å². The van der Waals surface area contributed by atoms with Gasteiger partial charge in [0, 0.05) is 24.4 Å². The second-order valence-electron chi connectivity index (χ2n) is 7.08. The van der Waals surface area contributed by atoms with E-state index < -0.39 is 17.4 Å². The topological polar surface area (TPSA) is 56.2 Å². The van der Waals surface area contributed by atoms with E-state index in [0.717, 1.165) is 21.2 Å². The number of thiophene rings is 1. The zero-order valence-corrected chi connectivity index (χ0v) is 17.8. The summed E-state index contributed by atoms with van der Waals surface area (Å²) in [6.45, 7) is 4.68. The van der Waals surface area contributed by atoms with Crippen molar-refractivity contribution in [1.29, 1.82) is 5.41 Å². The largest absolute Gasteiger partial charge is 0.345 e. The van der Waals surface area contributed by atoms with Gasteiger partial charge in [-0.15, -0.1) is 11.3 Å². The minimum absolute atomic E-state index is 0.0133. The lowest BCUT2D eigenvalue weighted by Crippen LogP contribution is -2.62. The zero-order valence-electron chi connectivity index (χ0n) is 15.4. The van der Waals surface area contributed by atoms with Crippen molar-refractivity contribution in [3.05, 3.63) is 55.7 Å². The fourth-order valence-electron chi connectivity index (χ4n) is 3.54. The number of alkyl halides is 2. The highest BCUT2D eigenvalue weighted by Gasteiger charge is 2.49. The molecule has 1 saturated heterocycles. The van der Waals surface area contributed by atoms with E-state index >= 15 is 0 Å². The Kier molecular flexibility index (Phi) is 4.93. The molecule has 0 aliphatic carbocycles. The third-order valence-corrected chi connectivity index (χ3v) is 6.96. The monoisotopic (exact) mass is 455 g/mol. The number of likely N-dealkylation sites (N-methyl/N-ethyl adjacent to an activating group) is 1. The molecule has 3 rings (SSSR count). The van der Waals surface area contributed by atoms with Crippen LogP contribution in [0.5, 0.6) is 0 Å². The third kappa shape index (κ3) is 3.40. The number of rotatable bonds is 3. The molecule has 2 aromatic rings. The number of benzene rings is 1. The lowest BCUT2D eigenvalue weighted by atomic mass is 9.76. The molecule has 1 fully saturated rings. The van der Waals surface area contributed by atoms with Crippen LogP contribution in [0, 0.1) is 12.3 Å². The Morgan fingerprint density at radius 3 is 2.41 bits per heavy atom. The molecule has 1 aromatic carbocycles. The maximum absolute atomic E-state index is 13.6. The molecule has 0 spiro atoms. The Labute approximate surface area is 169 Å². The fraction of sp³-hybridized carbons (Fsp3) is 0.368. The molecule has 0 saturated carbocycles. The summed E-state index contributed by atoms with van der Waals surface area (Å²) in [5.41, 5.74) is 0.665. The molecule has 1 aliphatic rings. The van der Waals surface area contributed by atoms with Crippen molar-refractivity contribution in [2.45, 2.75) is 38.2 Å². The maximum Gasteiger partial charge on any atom is 0.270 e. The van der Waals surface area contributed by atoms with Crippen LogP contribution in [0.4, 0.5) is 8.78 Å². The highest BCUT2D eigenvalue weighted by atomic mass is 79.9. The minimum Gasteiger partial charge on any atom is -0.345 e. The van der Waals surface area contributed by atoms with Gasteiger partial charge in [-0.1, -0.05) is 24.3 Å². The molecule has 1 aromatic heterocycles. The molecule has 144 valence electrons. The van der Waals surface area contributed by atoms with E-state index in [1.54, 1.807) is 12.1 Å². The minimum atomic E-state index is -2.94. The second-order valence-corrected chi connectivity index (χ2v) is 9.51. The van der Waals surface area contributed by atoms with Gasteiger partial charge in [-0.25, -0.2) is 8.78 Å². The molecule has 27 heavy (non-hydrogen) atoms. The first-order valence-corrected chi connectivity index (χ1v) is 9.95. The van der Waals surface area contributed by atoms with Gasteiger partial charge in [0.25, 0.3) is 5.92 Å². The Morgan fingerprint density at radius 1 is 1.33 bits per heavy atom. The Morgan fingerprint density at radius 2 is 1.93 bits per heavy atom. The quantitative estimate of drug-likeness (QED) is 0.689. The van der Waals surface area contributed by atoms with Crippen molar-refractivity contribution in [1.82, 2.24) is 10.2 Å². The van der Waals surface area contributed by atoms with Crippen LogP contribution in [0.2, 0.25) is 0 Å². The SMILES string of the molecule is Cc1cc(Br)sc1[C@@]1(C)NC(=N)N(C)C(=O)C1c1ccc(C(C)(F)F)cc1. The summed E-state index contributed by atoms with van der Waals surface area (Å²) in [6.07, 6.45) is 0. The van der Waals surface area contributed by atoms with Crippen molar-refractivity contribution in [3.8, 4) is 0 Å². The van der Waals surface area contributed by atoms with Crippen molar-refractivity contribution >= 4 is 39.1 Å². The Bertz CT molecular complexity index is 907. The standard InChI is InChI=1S/C19H20BrF2N3OS/c1-10-9-13(20)27-15(10)18(2)14(16(26)25(4)17(23)24-18)11-5-7-12(8-6-11)19(3,21)22/h5-9,14H,1-4H3,(H2,23,24)/t14?,18-/m0/s1. The number of aryl methyl sites for hydroxylation is 1. The summed E-state index contributed by atoms with van der Waals surface area (Å²) in [5, 5.41) is 11.3. The summed E-state index contributed by atoms with van der Waals surface area (Å²) in [5.74, 6) is -3.83. The third-order valence-electron chi connectivity index (χ3n) is 4.98. The lowest BCUT2D eigenvalue weighted by Gasteiger charge is -2.45. The van der Waals surface area contributed by atoms with Crippen molar-refractivity contribution in [2.75, 3.05) is 7.05 Å². The zero-order chi connectivity index (χ0) is 20.1. The van der Waals surface area contributed by atoms with Gasteiger partial charge in [0.05, 0.1) is 15.2 Å². The van der Waals surface area contributed by atoms with Crippen LogP contribution in [0.15, 0.2) is 34.1 Å². The maximum atomic E-state index is 13.6. The Balaban J connectivity index is 2.14. The number of nitrogens with zero attached hydrogens (tertiary/aromatic N) is 1. The molecule has 2 heterocycles. The van der Waals surface area contributed by atoms with E-state index in [0.29, 0.717) is 5.56 Å². The number of nitrogens with one attached hydrogen (secondary N) is 2. The molecule has 4 nitrogen and oxygen atoms in total. The molecule has 2 N–H and O–H groups in total. The van der Waals surface area contributed by atoms with E-state index in [1.165, 1.54) is 35.4 Å². The highest BCUT2D eigenvalue weighted by molar-refractivity contribution is 9.11. The van der Waals surface area contributed by atoms with Gasteiger partial charge in [0.1, 0.15) is 0 Å². The second kappa shape index (κ2) is 6.67. The first-order chi connectivity index (χ1) is 12.4. The van der Waals surface area contributed by atoms with Gasteiger partial charge in [0.15, 0.2) is 5.96 Å². The summed E-state index contributed by atoms with van der Waals surface area (Å²) >= 11 is 4.98. The molecule has 1 aliphatic heterocycles. The molecule has 1 amide bonds. The Hall–Kier alpha value is -1.80. The molecule has 0 radical (unpaired) electrons. The van der Waals surface area contributed by atoms with E-state index in [-0.39, 0.29) is 17.4 Å². The first-order valence-electron chi connectivity index (χ1n) is 8.34. The predicted octanol–water partition coefficient (Wildman–Crippen LogP) is 4.93. The van der Waals surface area contributed by atoms with Crippen molar-refractivity contribution in [3.63, 3.8) is 0 Å².